The van der Waals surface area contributed by atoms with E-state index in [2.05, 4.69) is 83.7 Å². The fraction of sp³-hybridized carbons (Fsp3) is 0.680. The molecule has 0 aliphatic carbocycles. The lowest BCUT2D eigenvalue weighted by Crippen LogP contribution is -2.60. The van der Waals surface area contributed by atoms with Crippen LogP contribution in [0.4, 0.5) is 0 Å². The molecule has 0 bridgehead atoms. The summed E-state index contributed by atoms with van der Waals surface area (Å²) in [4.78, 5) is 204. The van der Waals surface area contributed by atoms with E-state index in [0.29, 0.717) is 19.4 Å². The van der Waals surface area contributed by atoms with Gasteiger partial charge in [-0.2, -0.15) is 25.3 Å². The topological polar surface area (TPSA) is 564 Å². The SMILES string of the molecule is CC(C)C[C@H](NC(=O)[C@H](CCC(=O)O)NC(=O)[C@@H](N)CCCCN)C(=O)N[C@@H](CS)C(=O)N[C@@H](CC(=O)O)C(=O)N[C@@H](C)C(=O)NCC(=O)N[C@@H](CCC(=O)O)C(=O)N[C@@H](CCC(N)=O)C(=O)N[C@@H](CS)C(=O)N[C@@H](C)C(=O)N[C@H](C(=O)O)C(C)C. The second kappa shape index (κ2) is 40.5. The average Bonchev–Trinajstić information content (AvgIpc) is 3.56. The third-order valence-corrected chi connectivity index (χ3v) is 13.1. The van der Waals surface area contributed by atoms with E-state index in [1.165, 1.54) is 20.8 Å². The molecule has 0 rings (SSSR count). The number of carboxylic acids is 4. The van der Waals surface area contributed by atoms with Crippen molar-refractivity contribution >= 4 is 120 Å². The standard InChI is InChI=1S/C50H84N14O20S2/c1-22(2)17-30(60-44(77)29(12-15-37(69)70)58-42(75)26(52)9-7-8-16-51)47(80)63-33(21-86)49(82)61-31(18-38(71)72)46(79)55-24(5)40(73)54-19-35(66)57-27(11-14-36(67)68)43(76)59-28(10-13-34(53)65)45(78)62-32(20-85)48(81)56-25(6)41(74)64-39(23(3)4)50(83)84/h22-33,39,85-86H,7-21,51-52H2,1-6H3,(H2,53,65)(H,54,73)(H,55,79)(H,56,81)(H,57,66)(H,58,75)(H,59,76)(H,60,77)(H,61,82)(H,62,78)(H,63,80)(H,64,74)(H,67,68)(H,69,70)(H,71,72)(H,83,84)/t24-,25-,26-,27-,28-,29-,30-,31-,32-,33-,39-/m0/s1. The first-order chi connectivity index (χ1) is 40.1. The van der Waals surface area contributed by atoms with E-state index < -0.39 is 230 Å². The summed E-state index contributed by atoms with van der Waals surface area (Å²) >= 11 is 8.17. The molecule has 0 saturated carbocycles. The molecule has 0 aliphatic rings. The van der Waals surface area contributed by atoms with Crippen molar-refractivity contribution in [2.24, 2.45) is 29.0 Å². The summed E-state index contributed by atoms with van der Waals surface area (Å²) in [5.74, 6) is -19.8. The molecule has 12 amide bonds. The van der Waals surface area contributed by atoms with Crippen molar-refractivity contribution in [2.75, 3.05) is 24.6 Å². The van der Waals surface area contributed by atoms with Gasteiger partial charge in [-0.05, 0) is 70.8 Å². The Hall–Kier alpha value is -7.86. The summed E-state index contributed by atoms with van der Waals surface area (Å²) in [5.41, 5.74) is 16.7. The number of aliphatic carboxylic acids is 4. The smallest absolute Gasteiger partial charge is 0.326 e. The number of carbonyl (C=O) groups is 16. The van der Waals surface area contributed by atoms with Gasteiger partial charge in [0.25, 0.3) is 0 Å². The molecule has 86 heavy (non-hydrogen) atoms. The molecule has 34 nitrogen and oxygen atoms in total. The van der Waals surface area contributed by atoms with E-state index in [0.717, 1.165) is 6.92 Å². The maximum Gasteiger partial charge on any atom is 0.326 e. The number of primary amides is 1. The molecule has 36 heteroatoms. The summed E-state index contributed by atoms with van der Waals surface area (Å²) in [6.07, 6.45) is -3.24. The highest BCUT2D eigenvalue weighted by atomic mass is 32.1. The zero-order chi connectivity index (χ0) is 66.1. The van der Waals surface area contributed by atoms with E-state index in [1.807, 2.05) is 0 Å². The first kappa shape index (κ1) is 78.1. The number of nitrogens with one attached hydrogen (secondary N) is 11. The highest BCUT2D eigenvalue weighted by molar-refractivity contribution is 7.80. The summed E-state index contributed by atoms with van der Waals surface area (Å²) in [7, 11) is 0. The third kappa shape index (κ3) is 31.3. The largest absolute Gasteiger partial charge is 0.481 e. The van der Waals surface area contributed by atoms with Crippen molar-refractivity contribution < 1.29 is 97.1 Å². The normalized spacial score (nSPS) is 14.8. The van der Waals surface area contributed by atoms with Gasteiger partial charge in [-0.25, -0.2) is 4.79 Å². The van der Waals surface area contributed by atoms with Crippen molar-refractivity contribution in [3.8, 4) is 0 Å². The number of thiol groups is 2. The van der Waals surface area contributed by atoms with Crippen molar-refractivity contribution in [1.29, 1.82) is 0 Å². The molecule has 0 saturated heterocycles. The van der Waals surface area contributed by atoms with Gasteiger partial charge in [0.15, 0.2) is 0 Å². The minimum Gasteiger partial charge on any atom is -0.481 e. The molecule has 0 heterocycles. The Labute approximate surface area is 506 Å². The minimum atomic E-state index is -1.93. The quantitative estimate of drug-likeness (QED) is 0.0199. The summed E-state index contributed by atoms with van der Waals surface area (Å²) in [6, 6.07) is -16.7. The molecule has 0 aliphatic heterocycles. The van der Waals surface area contributed by atoms with Crippen LogP contribution in [0.25, 0.3) is 0 Å². The molecule has 21 N–H and O–H groups in total. The van der Waals surface area contributed by atoms with Crippen LogP contribution in [0.15, 0.2) is 0 Å². The second-order valence-corrected chi connectivity index (χ2v) is 21.3. The van der Waals surface area contributed by atoms with Crippen LogP contribution in [0.3, 0.4) is 0 Å². The lowest BCUT2D eigenvalue weighted by Gasteiger charge is -2.27. The van der Waals surface area contributed by atoms with Crippen molar-refractivity contribution in [3.63, 3.8) is 0 Å². The second-order valence-electron chi connectivity index (χ2n) is 20.6. The molecule has 0 radical (unpaired) electrons. The number of carbonyl (C=O) groups excluding carboxylic acids is 12. The third-order valence-electron chi connectivity index (χ3n) is 12.3. The van der Waals surface area contributed by atoms with Crippen LogP contribution in [0, 0.1) is 11.8 Å². The van der Waals surface area contributed by atoms with E-state index >= 15 is 0 Å². The Morgan fingerprint density at radius 2 is 0.826 bits per heavy atom. The number of hydrogen-bond donors (Lipinski definition) is 20. The number of amides is 12. The predicted molar refractivity (Wildman–Crippen MR) is 309 cm³/mol. The van der Waals surface area contributed by atoms with Gasteiger partial charge in [-0.3, -0.25) is 71.9 Å². The fourth-order valence-electron chi connectivity index (χ4n) is 7.50. The van der Waals surface area contributed by atoms with E-state index in [9.17, 15) is 97.1 Å². The molecule has 11 atom stereocenters. The van der Waals surface area contributed by atoms with Gasteiger partial charge >= 0.3 is 23.9 Å². The Morgan fingerprint density at radius 3 is 1.26 bits per heavy atom. The Bertz CT molecular complexity index is 2420. The van der Waals surface area contributed by atoms with Crippen molar-refractivity contribution in [2.45, 2.75) is 179 Å². The maximum atomic E-state index is 13.7. The highest BCUT2D eigenvalue weighted by Crippen LogP contribution is 2.11. The summed E-state index contributed by atoms with van der Waals surface area (Å²) in [5, 5.41) is 62.7. The summed E-state index contributed by atoms with van der Waals surface area (Å²) in [6.45, 7) is 8.15. The lowest BCUT2D eigenvalue weighted by atomic mass is 10.0. The molecular weight excluding hydrogens is 1180 g/mol. The molecule has 0 aromatic heterocycles. The first-order valence-electron chi connectivity index (χ1n) is 27.2. The Kier molecular flexibility index (Phi) is 36.8. The molecule has 0 aromatic carbocycles. The average molecular weight is 1270 g/mol. The molecular formula is C50H84N14O20S2. The predicted octanol–water partition coefficient (Wildman–Crippen LogP) is -6.44. The van der Waals surface area contributed by atoms with E-state index in [4.69, 9.17) is 17.2 Å². The van der Waals surface area contributed by atoms with Gasteiger partial charge in [0.2, 0.25) is 70.9 Å². The number of carboxylic acid groups (broad SMARTS) is 4. The van der Waals surface area contributed by atoms with Crippen LogP contribution in [-0.2, 0) is 76.7 Å². The van der Waals surface area contributed by atoms with Crippen LogP contribution in [0.1, 0.15) is 112 Å². The molecule has 486 valence electrons. The number of hydrogen-bond acceptors (Lipinski definition) is 20. The van der Waals surface area contributed by atoms with Crippen LogP contribution in [0.5, 0.6) is 0 Å². The van der Waals surface area contributed by atoms with Gasteiger partial charge < -0.3 is 96.1 Å². The van der Waals surface area contributed by atoms with E-state index in [1.54, 1.807) is 13.8 Å². The Balaban J connectivity index is 6.14. The van der Waals surface area contributed by atoms with Gasteiger partial charge in [0.05, 0.1) is 19.0 Å². The number of unbranched alkanes of at least 4 members (excludes halogenated alkanes) is 1. The van der Waals surface area contributed by atoms with Crippen LogP contribution < -0.4 is 75.7 Å². The van der Waals surface area contributed by atoms with Crippen molar-refractivity contribution in [3.05, 3.63) is 0 Å². The zero-order valence-corrected chi connectivity index (χ0v) is 50.3. The lowest BCUT2D eigenvalue weighted by molar-refractivity contribution is -0.143. The molecule has 0 spiro atoms. The minimum absolute atomic E-state index is 0.0580. The fourth-order valence-corrected chi connectivity index (χ4v) is 8.01. The van der Waals surface area contributed by atoms with Gasteiger partial charge in [0, 0.05) is 30.8 Å². The monoisotopic (exact) mass is 1260 g/mol. The first-order valence-corrected chi connectivity index (χ1v) is 28.5. The molecule has 0 unspecified atom stereocenters. The molecule has 0 aromatic rings. The zero-order valence-electron chi connectivity index (χ0n) is 48.6. The van der Waals surface area contributed by atoms with Gasteiger partial charge in [-0.1, -0.05) is 34.1 Å². The van der Waals surface area contributed by atoms with Crippen LogP contribution >= 0.6 is 25.3 Å². The van der Waals surface area contributed by atoms with Crippen molar-refractivity contribution in [1.82, 2.24) is 58.5 Å². The van der Waals surface area contributed by atoms with Crippen LogP contribution in [-0.4, -0.2) is 206 Å². The van der Waals surface area contributed by atoms with Crippen LogP contribution in [0.2, 0.25) is 0 Å². The Morgan fingerprint density at radius 1 is 0.430 bits per heavy atom. The van der Waals surface area contributed by atoms with Gasteiger partial charge in [-0.15, -0.1) is 0 Å². The van der Waals surface area contributed by atoms with E-state index in [-0.39, 0.29) is 18.8 Å². The maximum absolute atomic E-state index is 13.7. The number of nitrogens with two attached hydrogens (primary N) is 3. The summed E-state index contributed by atoms with van der Waals surface area (Å²) < 4.78 is 0. The van der Waals surface area contributed by atoms with Gasteiger partial charge in [0.1, 0.15) is 60.4 Å². The highest BCUT2D eigenvalue weighted by Gasteiger charge is 2.36. The molecule has 0 fully saturated rings. The number of rotatable bonds is 43.